The molecule has 2 rings (SSSR count). The number of ketones is 2. The average Bonchev–Trinajstić information content (AvgIpc) is 2.38. The minimum Gasteiger partial charge on any atom is -0.507 e. The zero-order chi connectivity index (χ0) is 14.9. The molecule has 3 nitrogen and oxygen atoms in total. The molecule has 0 aromatic heterocycles. The van der Waals surface area contributed by atoms with E-state index in [2.05, 4.69) is 0 Å². The number of Topliss-reactive ketones (excluding diaryl/α,β-unsaturated/α-hetero) is 2. The summed E-state index contributed by atoms with van der Waals surface area (Å²) in [4.78, 5) is 22.6. The van der Waals surface area contributed by atoms with Crippen LogP contribution in [0, 0.1) is 6.92 Å². The third kappa shape index (κ3) is 2.62. The van der Waals surface area contributed by atoms with E-state index in [-0.39, 0.29) is 17.3 Å². The Balaban J connectivity index is 2.52. The first-order valence-electron chi connectivity index (χ1n) is 6.36. The van der Waals surface area contributed by atoms with Gasteiger partial charge in [-0.25, -0.2) is 0 Å². The predicted molar refractivity (Wildman–Crippen MR) is 78.3 cm³/mol. The van der Waals surface area contributed by atoms with E-state index in [1.807, 2.05) is 13.0 Å². The van der Waals surface area contributed by atoms with Crippen molar-refractivity contribution in [2.45, 2.75) is 20.8 Å². The molecule has 2 aromatic rings. The van der Waals surface area contributed by atoms with Gasteiger partial charge < -0.3 is 5.11 Å². The van der Waals surface area contributed by atoms with Crippen molar-refractivity contribution in [2.75, 3.05) is 0 Å². The summed E-state index contributed by atoms with van der Waals surface area (Å²) in [7, 11) is 0. The molecule has 20 heavy (non-hydrogen) atoms. The van der Waals surface area contributed by atoms with Gasteiger partial charge in [-0.2, -0.15) is 0 Å². The lowest BCUT2D eigenvalue weighted by molar-refractivity contribution is 0.100. The summed E-state index contributed by atoms with van der Waals surface area (Å²) in [6.07, 6.45) is 0. The van der Waals surface area contributed by atoms with Gasteiger partial charge in [0.1, 0.15) is 5.75 Å². The van der Waals surface area contributed by atoms with Gasteiger partial charge in [0.25, 0.3) is 0 Å². The van der Waals surface area contributed by atoms with Crippen molar-refractivity contribution < 1.29 is 14.7 Å². The Morgan fingerprint density at radius 2 is 1.35 bits per heavy atom. The summed E-state index contributed by atoms with van der Waals surface area (Å²) in [5, 5.41) is 10.1. The van der Waals surface area contributed by atoms with Gasteiger partial charge in [-0.15, -0.1) is 0 Å². The van der Waals surface area contributed by atoms with Crippen LogP contribution < -0.4 is 0 Å². The summed E-state index contributed by atoms with van der Waals surface area (Å²) in [5.74, 6) is -0.0114. The number of phenols is 1. The second-order valence-electron chi connectivity index (χ2n) is 4.87. The maximum atomic E-state index is 11.3. The zero-order valence-electron chi connectivity index (χ0n) is 11.7. The number of phenolic OH excluding ortho intramolecular Hbond substituents is 1. The molecule has 1 N–H and O–H groups in total. The molecule has 0 unspecified atom stereocenters. The molecule has 0 heterocycles. The Bertz CT molecular complexity index is 638. The lowest BCUT2D eigenvalue weighted by Gasteiger charge is -2.10. The molecule has 0 radical (unpaired) electrons. The number of rotatable bonds is 3. The summed E-state index contributed by atoms with van der Waals surface area (Å²) in [6, 6.07) is 10.2. The van der Waals surface area contributed by atoms with E-state index in [1.54, 1.807) is 24.3 Å². The zero-order valence-corrected chi connectivity index (χ0v) is 11.7. The van der Waals surface area contributed by atoms with Crippen molar-refractivity contribution in [1.29, 1.82) is 0 Å². The normalized spacial score (nSPS) is 10.3. The molecule has 2 aromatic carbocycles. The predicted octanol–water partition coefficient (Wildman–Crippen LogP) is 3.77. The molecule has 0 aliphatic carbocycles. The van der Waals surface area contributed by atoms with Gasteiger partial charge in [0.2, 0.25) is 0 Å². The van der Waals surface area contributed by atoms with E-state index in [9.17, 15) is 14.7 Å². The standard InChI is InChI=1S/C17H16O3/c1-10-8-13(11(2)18)4-6-15(10)16-7-5-14(12(3)19)9-17(16)20/h4-9,20H,1-3H3. The molecule has 0 spiro atoms. The topological polar surface area (TPSA) is 54.4 Å². The second kappa shape index (κ2) is 5.29. The highest BCUT2D eigenvalue weighted by atomic mass is 16.3. The highest BCUT2D eigenvalue weighted by Gasteiger charge is 2.11. The Kier molecular flexibility index (Phi) is 3.70. The Morgan fingerprint density at radius 1 is 0.850 bits per heavy atom. The van der Waals surface area contributed by atoms with E-state index in [1.165, 1.54) is 19.9 Å². The molecule has 0 saturated carbocycles. The van der Waals surface area contributed by atoms with Crippen molar-refractivity contribution in [3.05, 3.63) is 53.1 Å². The fourth-order valence-corrected chi connectivity index (χ4v) is 2.16. The molecule has 0 atom stereocenters. The van der Waals surface area contributed by atoms with Gasteiger partial charge in [0.05, 0.1) is 0 Å². The smallest absolute Gasteiger partial charge is 0.159 e. The molecule has 0 aliphatic rings. The Labute approximate surface area is 117 Å². The van der Waals surface area contributed by atoms with Crippen molar-refractivity contribution >= 4 is 11.6 Å². The largest absolute Gasteiger partial charge is 0.507 e. The van der Waals surface area contributed by atoms with E-state index in [4.69, 9.17) is 0 Å². The van der Waals surface area contributed by atoms with Gasteiger partial charge in [0.15, 0.2) is 11.6 Å². The molecule has 0 bridgehead atoms. The van der Waals surface area contributed by atoms with E-state index in [0.29, 0.717) is 16.7 Å². The fourth-order valence-electron chi connectivity index (χ4n) is 2.16. The number of hydrogen-bond acceptors (Lipinski definition) is 3. The van der Waals surface area contributed by atoms with Gasteiger partial charge in [0, 0.05) is 16.7 Å². The summed E-state index contributed by atoms with van der Waals surface area (Å²) in [6.45, 7) is 4.87. The number of aryl methyl sites for hydroxylation is 1. The third-order valence-electron chi connectivity index (χ3n) is 3.33. The number of carbonyl (C=O) groups excluding carboxylic acids is 2. The van der Waals surface area contributed by atoms with Crippen molar-refractivity contribution in [3.8, 4) is 16.9 Å². The molecule has 0 fully saturated rings. The summed E-state index contributed by atoms with van der Waals surface area (Å²) >= 11 is 0. The number of benzene rings is 2. The van der Waals surface area contributed by atoms with E-state index >= 15 is 0 Å². The average molecular weight is 268 g/mol. The van der Waals surface area contributed by atoms with Crippen LogP contribution in [0.3, 0.4) is 0 Å². The molecule has 3 heteroatoms. The quantitative estimate of drug-likeness (QED) is 0.862. The second-order valence-corrected chi connectivity index (χ2v) is 4.87. The number of carbonyl (C=O) groups is 2. The maximum Gasteiger partial charge on any atom is 0.159 e. The van der Waals surface area contributed by atoms with Crippen LogP contribution in [-0.4, -0.2) is 16.7 Å². The lowest BCUT2D eigenvalue weighted by Crippen LogP contribution is -1.95. The van der Waals surface area contributed by atoms with Crippen molar-refractivity contribution in [3.63, 3.8) is 0 Å². The minimum atomic E-state index is -0.0875. The van der Waals surface area contributed by atoms with Crippen LogP contribution in [0.15, 0.2) is 36.4 Å². The number of hydrogen-bond donors (Lipinski definition) is 1. The molecule has 0 amide bonds. The first kappa shape index (κ1) is 14.0. The lowest BCUT2D eigenvalue weighted by atomic mass is 9.95. The van der Waals surface area contributed by atoms with Crippen LogP contribution in [0.4, 0.5) is 0 Å². The third-order valence-corrected chi connectivity index (χ3v) is 3.33. The molecule has 0 aliphatic heterocycles. The first-order valence-corrected chi connectivity index (χ1v) is 6.36. The highest BCUT2D eigenvalue weighted by molar-refractivity contribution is 5.96. The van der Waals surface area contributed by atoms with Gasteiger partial charge in [-0.1, -0.05) is 18.2 Å². The summed E-state index contributed by atoms with van der Waals surface area (Å²) in [5.41, 5.74) is 3.53. The molecular weight excluding hydrogens is 252 g/mol. The van der Waals surface area contributed by atoms with Crippen molar-refractivity contribution in [2.24, 2.45) is 0 Å². The van der Waals surface area contributed by atoms with Gasteiger partial charge in [-0.3, -0.25) is 9.59 Å². The molecular formula is C17H16O3. The fraction of sp³-hybridized carbons (Fsp3) is 0.176. The monoisotopic (exact) mass is 268 g/mol. The van der Waals surface area contributed by atoms with Crippen LogP contribution in [0.25, 0.3) is 11.1 Å². The van der Waals surface area contributed by atoms with E-state index < -0.39 is 0 Å². The maximum absolute atomic E-state index is 11.3. The van der Waals surface area contributed by atoms with E-state index in [0.717, 1.165) is 11.1 Å². The van der Waals surface area contributed by atoms with Crippen LogP contribution >= 0.6 is 0 Å². The molecule has 102 valence electrons. The minimum absolute atomic E-state index is 0.01000. The molecule has 0 saturated heterocycles. The number of aromatic hydroxyl groups is 1. The van der Waals surface area contributed by atoms with Crippen molar-refractivity contribution in [1.82, 2.24) is 0 Å². The van der Waals surface area contributed by atoms with Crippen LogP contribution in [0.1, 0.15) is 40.1 Å². The Hall–Kier alpha value is -2.42. The SMILES string of the molecule is CC(=O)c1ccc(-c2ccc(C(C)=O)cc2O)c(C)c1. The Morgan fingerprint density at radius 3 is 1.80 bits per heavy atom. The van der Waals surface area contributed by atoms with Crippen LogP contribution in [-0.2, 0) is 0 Å². The highest BCUT2D eigenvalue weighted by Crippen LogP contribution is 2.32. The van der Waals surface area contributed by atoms with Crippen LogP contribution in [0.2, 0.25) is 0 Å². The van der Waals surface area contributed by atoms with Gasteiger partial charge in [-0.05, 0) is 50.1 Å². The first-order chi connectivity index (χ1) is 9.40. The summed E-state index contributed by atoms with van der Waals surface area (Å²) < 4.78 is 0. The van der Waals surface area contributed by atoms with Crippen LogP contribution in [0.5, 0.6) is 5.75 Å². The van der Waals surface area contributed by atoms with Gasteiger partial charge >= 0.3 is 0 Å².